The molecule has 0 amide bonds. The van der Waals surface area contributed by atoms with Crippen molar-refractivity contribution < 1.29 is 32.2 Å². The molecule has 5 nitrogen and oxygen atoms in total. The molecule has 2 N–H and O–H groups in total. The summed E-state index contributed by atoms with van der Waals surface area (Å²) in [5.74, 6) is 1.04. The fraction of sp³-hybridized carbons (Fsp3) is 0.409. The smallest absolute Gasteiger partial charge is 0.417 e. The van der Waals surface area contributed by atoms with Crippen LogP contribution in [-0.4, -0.2) is 36.8 Å². The van der Waals surface area contributed by atoms with Crippen molar-refractivity contribution in [1.82, 2.24) is 0 Å². The molecule has 0 aliphatic rings. The first-order valence-corrected chi connectivity index (χ1v) is 11.0. The molecule has 32 heavy (non-hydrogen) atoms. The van der Waals surface area contributed by atoms with E-state index < -0.39 is 29.4 Å². The number of ether oxygens (including phenoxy) is 2. The molecule has 1 aromatic carbocycles. The van der Waals surface area contributed by atoms with Crippen LogP contribution in [0.5, 0.6) is 0 Å². The normalized spacial score (nSPS) is 14.4. The first-order chi connectivity index (χ1) is 15.0. The number of esters is 1. The topological polar surface area (TPSA) is 78.6 Å². The minimum atomic E-state index is -4.49. The zero-order valence-corrected chi connectivity index (χ0v) is 19.3. The molecule has 0 saturated heterocycles. The van der Waals surface area contributed by atoms with Crippen molar-refractivity contribution in [2.45, 2.75) is 45.0 Å². The highest BCUT2D eigenvalue weighted by Gasteiger charge is 2.44. The van der Waals surface area contributed by atoms with Crippen LogP contribution in [0.2, 0.25) is 5.02 Å². The molecule has 2 unspecified atom stereocenters. The van der Waals surface area contributed by atoms with E-state index >= 15 is 0 Å². The van der Waals surface area contributed by atoms with E-state index in [1.165, 1.54) is 30.5 Å². The van der Waals surface area contributed by atoms with E-state index in [0.717, 1.165) is 17.4 Å². The Morgan fingerprint density at radius 2 is 1.94 bits per heavy atom. The van der Waals surface area contributed by atoms with Gasteiger partial charge in [-0.1, -0.05) is 23.7 Å². The lowest BCUT2D eigenvalue weighted by molar-refractivity contribution is -0.171. The van der Waals surface area contributed by atoms with Crippen LogP contribution in [0.25, 0.3) is 10.4 Å². The summed E-state index contributed by atoms with van der Waals surface area (Å²) in [7, 11) is 0. The van der Waals surface area contributed by atoms with Crippen LogP contribution in [0.15, 0.2) is 35.2 Å². The molecule has 0 saturated carbocycles. The van der Waals surface area contributed by atoms with Crippen molar-refractivity contribution in [2.24, 2.45) is 5.73 Å². The maximum absolute atomic E-state index is 13.2. The van der Waals surface area contributed by atoms with Crippen LogP contribution in [0.1, 0.15) is 31.9 Å². The molecule has 1 aromatic heterocycles. The molecule has 2 aromatic rings. The van der Waals surface area contributed by atoms with E-state index in [1.807, 2.05) is 0 Å². The summed E-state index contributed by atoms with van der Waals surface area (Å²) >= 11 is 7.27. The van der Waals surface area contributed by atoms with Gasteiger partial charge in [0.2, 0.25) is 0 Å². The number of alkyl halides is 3. The molecule has 2 atom stereocenters. The second kappa shape index (κ2) is 10.6. The van der Waals surface area contributed by atoms with Gasteiger partial charge in [0, 0.05) is 28.5 Å². The van der Waals surface area contributed by atoms with Gasteiger partial charge in [0.05, 0.1) is 18.2 Å². The predicted molar refractivity (Wildman–Crippen MR) is 117 cm³/mol. The van der Waals surface area contributed by atoms with Gasteiger partial charge in [-0.15, -0.1) is 11.3 Å². The fourth-order valence-electron chi connectivity index (χ4n) is 3.19. The number of carbonyl (C=O) groups is 1. The quantitative estimate of drug-likeness (QED) is 0.393. The molecule has 1 heterocycles. The summed E-state index contributed by atoms with van der Waals surface area (Å²) in [5, 5.41) is 1.51. The van der Waals surface area contributed by atoms with Gasteiger partial charge in [0.25, 0.3) is 0 Å². The number of rotatable bonds is 9. The number of thiophene rings is 1. The summed E-state index contributed by atoms with van der Waals surface area (Å²) in [4.78, 5) is 24.2. The molecule has 2 rings (SSSR count). The van der Waals surface area contributed by atoms with Crippen molar-refractivity contribution in [3.8, 4) is 10.4 Å². The maximum atomic E-state index is 13.2. The van der Waals surface area contributed by atoms with Gasteiger partial charge >= 0.3 is 12.1 Å². The van der Waals surface area contributed by atoms with Crippen molar-refractivity contribution in [3.63, 3.8) is 0 Å². The van der Waals surface area contributed by atoms with Crippen LogP contribution < -0.4 is 5.73 Å². The van der Waals surface area contributed by atoms with Crippen molar-refractivity contribution in [3.05, 3.63) is 51.4 Å². The van der Waals surface area contributed by atoms with Crippen molar-refractivity contribution in [2.75, 3.05) is 13.2 Å². The Morgan fingerprint density at radius 1 is 1.25 bits per heavy atom. The van der Waals surface area contributed by atoms with Gasteiger partial charge in [-0.2, -0.15) is 13.2 Å². The van der Waals surface area contributed by atoms with E-state index in [4.69, 9.17) is 26.8 Å². The molecule has 0 bridgehead atoms. The van der Waals surface area contributed by atoms with Crippen LogP contribution in [0.3, 0.4) is 0 Å². The summed E-state index contributed by atoms with van der Waals surface area (Å²) in [6, 6.07) is 4.24. The third-order valence-electron chi connectivity index (χ3n) is 4.89. The highest BCUT2D eigenvalue weighted by molar-refractivity contribution is 7.13. The Bertz CT molecular complexity index is 1020. The van der Waals surface area contributed by atoms with Gasteiger partial charge in [-0.3, -0.25) is 0 Å². The molecule has 0 aliphatic carbocycles. The van der Waals surface area contributed by atoms with Crippen LogP contribution in [-0.2, 0) is 31.7 Å². The highest BCUT2D eigenvalue weighted by Crippen LogP contribution is 2.41. The average molecular weight is 490 g/mol. The first kappa shape index (κ1) is 26.1. The van der Waals surface area contributed by atoms with E-state index in [-0.39, 0.29) is 35.1 Å². The molecular weight excluding hydrogens is 467 g/mol. The Hall–Kier alpha value is -2.16. The number of nitrogens with two attached hydrogens (primary N) is 1. The second-order valence-corrected chi connectivity index (χ2v) is 8.33. The number of benzene rings is 1. The molecule has 10 heteroatoms. The molecule has 0 spiro atoms. The zero-order valence-electron chi connectivity index (χ0n) is 17.7. The third kappa shape index (κ3) is 5.60. The number of hydrogen-bond acceptors (Lipinski definition) is 6. The van der Waals surface area contributed by atoms with Gasteiger partial charge in [-0.25, -0.2) is 9.59 Å². The lowest BCUT2D eigenvalue weighted by Gasteiger charge is -2.33. The van der Waals surface area contributed by atoms with Gasteiger partial charge in [-0.05, 0) is 49.4 Å². The number of hydrogen-bond donors (Lipinski definition) is 1. The number of carbonyl (C=O) groups excluding carboxylic acids is 2. The molecular formula is C22H23ClF3NO4S. The Kier molecular flexibility index (Phi) is 8.67. The monoisotopic (exact) mass is 489 g/mol. The minimum Gasteiger partial charge on any atom is -0.464 e. The van der Waals surface area contributed by atoms with E-state index in [9.17, 15) is 22.8 Å². The second-order valence-electron chi connectivity index (χ2n) is 7.01. The summed E-state index contributed by atoms with van der Waals surface area (Å²) in [5.41, 5.74) is 4.59. The predicted octanol–water partition coefficient (Wildman–Crippen LogP) is 5.07. The van der Waals surface area contributed by atoms with E-state index in [0.29, 0.717) is 11.1 Å². The average Bonchev–Trinajstić information content (AvgIpc) is 3.23. The molecule has 0 aliphatic heterocycles. The Labute approximate surface area is 193 Å². The SMILES string of the molecule is CCOC(=O)C(C)(OCC)C(N)C(=C=O)Cc1ccc(-c2sccc2C(F)(F)F)cc1Cl. The molecule has 174 valence electrons. The summed E-state index contributed by atoms with van der Waals surface area (Å²) < 4.78 is 50.2. The third-order valence-corrected chi connectivity index (χ3v) is 6.21. The Balaban J connectivity index is 2.34. The fourth-order valence-corrected chi connectivity index (χ4v) is 4.35. The van der Waals surface area contributed by atoms with Crippen molar-refractivity contribution in [1.29, 1.82) is 0 Å². The summed E-state index contributed by atoms with van der Waals surface area (Å²) in [6.07, 6.45) is -4.56. The van der Waals surface area contributed by atoms with Crippen LogP contribution in [0, 0.1) is 0 Å². The van der Waals surface area contributed by atoms with Crippen LogP contribution >= 0.6 is 22.9 Å². The lowest BCUT2D eigenvalue weighted by atomic mass is 9.87. The standard InChI is InChI=1S/C22H23ClF3NO4S/c1-4-30-20(29)21(3,31-5-2)19(27)15(12-28)10-13-6-7-14(11-17(13)23)18-16(8-9-32-18)22(24,25)26/h6-9,11,19H,4-5,10,27H2,1-3H3. The minimum absolute atomic E-state index is 0.00996. The number of halogens is 4. The van der Waals surface area contributed by atoms with Crippen LogP contribution in [0.4, 0.5) is 13.2 Å². The zero-order chi connectivity index (χ0) is 24.1. The maximum Gasteiger partial charge on any atom is 0.417 e. The van der Waals surface area contributed by atoms with Crippen molar-refractivity contribution >= 4 is 34.8 Å². The van der Waals surface area contributed by atoms with Gasteiger partial charge in [0.1, 0.15) is 5.94 Å². The molecule has 0 fully saturated rings. The summed E-state index contributed by atoms with van der Waals surface area (Å²) in [6.45, 7) is 4.98. The van der Waals surface area contributed by atoms with E-state index in [1.54, 1.807) is 19.8 Å². The van der Waals surface area contributed by atoms with Gasteiger partial charge in [0.15, 0.2) is 5.60 Å². The Morgan fingerprint density at radius 3 is 2.47 bits per heavy atom. The highest BCUT2D eigenvalue weighted by atomic mass is 35.5. The molecule has 0 radical (unpaired) electrons. The largest absolute Gasteiger partial charge is 0.464 e. The van der Waals surface area contributed by atoms with Gasteiger partial charge < -0.3 is 15.2 Å². The van der Waals surface area contributed by atoms with E-state index in [2.05, 4.69) is 0 Å². The lowest BCUT2D eigenvalue weighted by Crippen LogP contribution is -2.55. The first-order valence-electron chi connectivity index (χ1n) is 9.73.